The molecule has 0 saturated heterocycles. The van der Waals surface area contributed by atoms with Crippen LogP contribution >= 0.6 is 0 Å². The first kappa shape index (κ1) is 25.3. The van der Waals surface area contributed by atoms with Gasteiger partial charge in [-0.1, -0.05) is 81.3 Å². The Labute approximate surface area is 222 Å². The highest BCUT2D eigenvalue weighted by molar-refractivity contribution is 6.04. The Morgan fingerprint density at radius 2 is 1.59 bits per heavy atom. The third kappa shape index (κ3) is 4.29. The predicted molar refractivity (Wildman–Crippen MR) is 157 cm³/mol. The van der Waals surface area contributed by atoms with E-state index in [4.69, 9.17) is 4.99 Å². The topological polar surface area (TPSA) is 35.8 Å². The Balaban J connectivity index is 1.41. The van der Waals surface area contributed by atoms with Crippen molar-refractivity contribution in [2.24, 2.45) is 4.99 Å². The Morgan fingerprint density at radius 3 is 2.32 bits per heavy atom. The van der Waals surface area contributed by atoms with Gasteiger partial charge in [0, 0.05) is 34.5 Å². The molecule has 0 amide bonds. The number of aliphatic imine (C=N–C) groups is 1. The SMILES string of the molecule is CCN1/C(=C/C=C2\CCC(/C=C/C3=NCc4ccc(C)cc4C3(C)C)=C2O)C(C)(C)c2cc(C)ccc21. The van der Waals surface area contributed by atoms with Crippen molar-refractivity contribution in [3.8, 4) is 0 Å². The van der Waals surface area contributed by atoms with Crippen molar-refractivity contribution < 1.29 is 5.11 Å². The molecule has 2 aromatic rings. The third-order valence-electron chi connectivity index (χ3n) is 8.52. The van der Waals surface area contributed by atoms with Crippen LogP contribution < -0.4 is 4.90 Å². The number of fused-ring (bicyclic) bond motifs is 2. The van der Waals surface area contributed by atoms with Gasteiger partial charge in [-0.25, -0.2) is 0 Å². The first-order valence-corrected chi connectivity index (χ1v) is 13.6. The van der Waals surface area contributed by atoms with Gasteiger partial charge in [0.2, 0.25) is 0 Å². The molecule has 192 valence electrons. The van der Waals surface area contributed by atoms with Crippen LogP contribution in [-0.2, 0) is 17.4 Å². The highest BCUT2D eigenvalue weighted by atomic mass is 16.3. The summed E-state index contributed by atoms with van der Waals surface area (Å²) < 4.78 is 0. The van der Waals surface area contributed by atoms with Crippen molar-refractivity contribution in [1.82, 2.24) is 0 Å². The molecule has 2 aromatic carbocycles. The van der Waals surface area contributed by atoms with E-state index in [0.29, 0.717) is 12.3 Å². The van der Waals surface area contributed by atoms with Gasteiger partial charge in [0.1, 0.15) is 5.76 Å². The lowest BCUT2D eigenvalue weighted by molar-refractivity contribution is 0.423. The van der Waals surface area contributed by atoms with Crippen LogP contribution in [0, 0.1) is 13.8 Å². The largest absolute Gasteiger partial charge is 0.507 e. The highest BCUT2D eigenvalue weighted by Crippen LogP contribution is 2.48. The number of likely N-dealkylation sites (N-methyl/N-ethyl adjacent to an activating group) is 1. The second kappa shape index (κ2) is 9.20. The lowest BCUT2D eigenvalue weighted by Gasteiger charge is -2.32. The highest BCUT2D eigenvalue weighted by Gasteiger charge is 2.39. The molecule has 0 aromatic heterocycles. The van der Waals surface area contributed by atoms with Crippen molar-refractivity contribution in [3.05, 3.63) is 111 Å². The summed E-state index contributed by atoms with van der Waals surface area (Å²) in [5.74, 6) is 0.422. The van der Waals surface area contributed by atoms with E-state index >= 15 is 0 Å². The third-order valence-corrected chi connectivity index (χ3v) is 8.52. The smallest absolute Gasteiger partial charge is 0.121 e. The van der Waals surface area contributed by atoms with Crippen molar-refractivity contribution in [3.63, 3.8) is 0 Å². The average Bonchev–Trinajstić information content (AvgIpc) is 3.30. The number of nitrogens with zero attached hydrogens (tertiary/aromatic N) is 2. The minimum Gasteiger partial charge on any atom is -0.507 e. The van der Waals surface area contributed by atoms with E-state index in [1.54, 1.807) is 0 Å². The molecule has 5 rings (SSSR count). The first-order chi connectivity index (χ1) is 17.5. The standard InChI is InChI=1S/C34H40N2O/c1-8-36-29-16-10-23(3)20-28(29)34(6,7)31(36)18-15-25-13-12-24(32(25)37)14-17-30-33(4,5)27-19-22(2)9-11-26(27)21-35-30/h9-11,14-20,37H,8,12-13,21H2,1-7H3/b17-14+,25-15+,31-18+. The Hall–Kier alpha value is -3.33. The molecule has 0 bridgehead atoms. The lowest BCUT2D eigenvalue weighted by atomic mass is 9.75. The van der Waals surface area contributed by atoms with Gasteiger partial charge in [0.25, 0.3) is 0 Å². The summed E-state index contributed by atoms with van der Waals surface area (Å²) in [4.78, 5) is 7.31. The van der Waals surface area contributed by atoms with Crippen LogP contribution in [0.1, 0.15) is 75.3 Å². The van der Waals surface area contributed by atoms with Gasteiger partial charge < -0.3 is 10.0 Å². The Morgan fingerprint density at radius 1 is 0.892 bits per heavy atom. The van der Waals surface area contributed by atoms with Gasteiger partial charge in [0.15, 0.2) is 0 Å². The van der Waals surface area contributed by atoms with Gasteiger partial charge in [-0.3, -0.25) is 4.99 Å². The molecule has 3 aliphatic rings. The van der Waals surface area contributed by atoms with E-state index in [9.17, 15) is 5.11 Å². The molecule has 3 nitrogen and oxygen atoms in total. The van der Waals surface area contributed by atoms with Gasteiger partial charge in [0.05, 0.1) is 6.54 Å². The Kier molecular flexibility index (Phi) is 6.30. The quantitative estimate of drug-likeness (QED) is 0.466. The normalized spacial score (nSPS) is 22.2. The van der Waals surface area contributed by atoms with Crippen LogP contribution in [0.25, 0.3) is 0 Å². The van der Waals surface area contributed by atoms with E-state index in [1.165, 1.54) is 39.2 Å². The molecule has 0 atom stereocenters. The van der Waals surface area contributed by atoms with Crippen LogP contribution in [0.5, 0.6) is 0 Å². The van der Waals surface area contributed by atoms with Gasteiger partial charge in [-0.2, -0.15) is 0 Å². The summed E-state index contributed by atoms with van der Waals surface area (Å²) in [5.41, 5.74) is 12.0. The van der Waals surface area contributed by atoms with Crippen LogP contribution in [0.4, 0.5) is 5.69 Å². The zero-order valence-corrected chi connectivity index (χ0v) is 23.4. The number of benzene rings is 2. The maximum atomic E-state index is 11.1. The summed E-state index contributed by atoms with van der Waals surface area (Å²) in [7, 11) is 0. The van der Waals surface area contributed by atoms with Gasteiger partial charge >= 0.3 is 0 Å². The van der Waals surface area contributed by atoms with Crippen LogP contribution in [0.3, 0.4) is 0 Å². The molecule has 1 aliphatic carbocycles. The van der Waals surface area contributed by atoms with Gasteiger partial charge in [-0.15, -0.1) is 0 Å². The molecule has 0 unspecified atom stereocenters. The maximum Gasteiger partial charge on any atom is 0.121 e. The van der Waals surface area contributed by atoms with E-state index in [2.05, 4.69) is 114 Å². The van der Waals surface area contributed by atoms with Crippen LogP contribution in [0.15, 0.2) is 88.3 Å². The second-order valence-corrected chi connectivity index (χ2v) is 11.8. The number of aliphatic hydroxyl groups excluding tert-OH is 1. The molecule has 37 heavy (non-hydrogen) atoms. The van der Waals surface area contributed by atoms with Gasteiger partial charge in [-0.05, 0) is 79.7 Å². The fourth-order valence-corrected chi connectivity index (χ4v) is 6.20. The van der Waals surface area contributed by atoms with E-state index < -0.39 is 0 Å². The van der Waals surface area contributed by atoms with Crippen molar-refractivity contribution in [2.75, 3.05) is 11.4 Å². The molecule has 2 heterocycles. The zero-order valence-electron chi connectivity index (χ0n) is 23.4. The van der Waals surface area contributed by atoms with E-state index in [-0.39, 0.29) is 10.8 Å². The molecule has 0 spiro atoms. The van der Waals surface area contributed by atoms with Crippen molar-refractivity contribution in [2.45, 2.75) is 78.7 Å². The number of allylic oxidation sites excluding steroid dienone is 7. The summed E-state index contributed by atoms with van der Waals surface area (Å²) in [5, 5.41) is 11.1. The number of aryl methyl sites for hydroxylation is 2. The summed E-state index contributed by atoms with van der Waals surface area (Å²) in [6.45, 7) is 17.2. The molecule has 0 saturated carbocycles. The minimum absolute atomic E-state index is 0.0750. The van der Waals surface area contributed by atoms with E-state index in [0.717, 1.165) is 36.2 Å². The number of anilines is 1. The molecular weight excluding hydrogens is 452 g/mol. The summed E-state index contributed by atoms with van der Waals surface area (Å²) in [6.07, 6.45) is 10.3. The fourth-order valence-electron chi connectivity index (χ4n) is 6.20. The van der Waals surface area contributed by atoms with Crippen LogP contribution in [0.2, 0.25) is 0 Å². The van der Waals surface area contributed by atoms with Crippen LogP contribution in [-0.4, -0.2) is 17.4 Å². The minimum atomic E-state index is -0.154. The molecular formula is C34H40N2O. The average molecular weight is 493 g/mol. The monoisotopic (exact) mass is 492 g/mol. The van der Waals surface area contributed by atoms with Crippen molar-refractivity contribution >= 4 is 11.4 Å². The number of rotatable bonds is 4. The molecule has 0 fully saturated rings. The molecule has 3 heteroatoms. The van der Waals surface area contributed by atoms with Crippen molar-refractivity contribution in [1.29, 1.82) is 0 Å². The number of hydrogen-bond acceptors (Lipinski definition) is 3. The molecule has 0 radical (unpaired) electrons. The zero-order chi connectivity index (χ0) is 26.5. The predicted octanol–water partition coefficient (Wildman–Crippen LogP) is 8.33. The number of hydrogen-bond donors (Lipinski definition) is 1. The fraction of sp³-hybridized carbons (Fsp3) is 0.382. The first-order valence-electron chi connectivity index (χ1n) is 13.6. The number of aliphatic hydroxyl groups is 1. The lowest BCUT2D eigenvalue weighted by Crippen LogP contribution is -2.32. The summed E-state index contributed by atoms with van der Waals surface area (Å²) >= 11 is 0. The van der Waals surface area contributed by atoms with E-state index in [1.807, 2.05) is 0 Å². The second-order valence-electron chi connectivity index (χ2n) is 11.8. The molecule has 1 N–H and O–H groups in total. The maximum absolute atomic E-state index is 11.1. The Bertz CT molecular complexity index is 1410. The summed E-state index contributed by atoms with van der Waals surface area (Å²) in [6, 6.07) is 13.4. The molecule has 2 aliphatic heterocycles.